The third-order valence-corrected chi connectivity index (χ3v) is 4.76. The normalized spacial score (nSPS) is 17.3. The van der Waals surface area contributed by atoms with Crippen LogP contribution in [0.4, 0.5) is 5.69 Å². The monoisotopic (exact) mass is 343 g/mol. The fraction of sp³-hybridized carbons (Fsp3) is 0.0667. The summed E-state index contributed by atoms with van der Waals surface area (Å²) in [5.41, 5.74) is 4.82. The van der Waals surface area contributed by atoms with Crippen molar-refractivity contribution in [2.45, 2.75) is 10.5 Å². The number of nitrogens with zero attached hydrogens (tertiary/aromatic N) is 3. The molecule has 4 N–H and O–H groups in total. The van der Waals surface area contributed by atoms with Crippen molar-refractivity contribution in [3.05, 3.63) is 59.3 Å². The molecule has 2 aromatic carbocycles. The van der Waals surface area contributed by atoms with Crippen molar-refractivity contribution in [2.24, 2.45) is 0 Å². The fourth-order valence-corrected chi connectivity index (χ4v) is 3.56. The highest BCUT2D eigenvalue weighted by Crippen LogP contribution is 2.42. The minimum absolute atomic E-state index is 0.188. The van der Waals surface area contributed by atoms with Crippen LogP contribution in [0.15, 0.2) is 53.7 Å². The van der Waals surface area contributed by atoms with Crippen molar-refractivity contribution in [3.8, 4) is 17.1 Å². The van der Waals surface area contributed by atoms with Crippen molar-refractivity contribution >= 4 is 17.4 Å². The molecule has 1 aromatic heterocycles. The van der Waals surface area contributed by atoms with Gasteiger partial charge in [-0.2, -0.15) is 5.23 Å². The van der Waals surface area contributed by atoms with Gasteiger partial charge in [0.25, 0.3) is 0 Å². The molecule has 0 bridgehead atoms. The van der Waals surface area contributed by atoms with Crippen molar-refractivity contribution in [3.63, 3.8) is 0 Å². The summed E-state index contributed by atoms with van der Waals surface area (Å²) in [4.78, 5) is 0. The maximum Gasteiger partial charge on any atom is 0.212 e. The summed E-state index contributed by atoms with van der Waals surface area (Å²) >= 11 is 1.43. The molecule has 24 heavy (non-hydrogen) atoms. The summed E-state index contributed by atoms with van der Waals surface area (Å²) in [5, 5.41) is 38.0. The summed E-state index contributed by atoms with van der Waals surface area (Å²) in [7, 11) is 0. The maximum atomic E-state index is 11.1. The molecule has 8 nitrogen and oxygen atoms in total. The summed E-state index contributed by atoms with van der Waals surface area (Å²) in [6.07, 6.45) is 0. The minimum atomic E-state index is -0.993. The number of nitrogens with one attached hydrogen (secondary N) is 2. The van der Waals surface area contributed by atoms with Crippen molar-refractivity contribution in [2.75, 3.05) is 5.43 Å². The molecule has 0 amide bonds. The average Bonchev–Trinajstić information content (AvgIpc) is 3.15. The zero-order valence-electron chi connectivity index (χ0n) is 12.2. The number of fused-ring (bicyclic) bond motifs is 1. The molecular weight excluding hydrogens is 330 g/mol. The van der Waals surface area contributed by atoms with Crippen molar-refractivity contribution in [1.29, 1.82) is 0 Å². The highest BCUT2D eigenvalue weighted by atomic mass is 32.2. The number of thioether (sulfide) groups is 1. The molecule has 0 saturated carbocycles. The summed E-state index contributed by atoms with van der Waals surface area (Å²) < 4.78 is 1.71. The van der Waals surface area contributed by atoms with Gasteiger partial charge in [0.1, 0.15) is 11.1 Å². The second kappa shape index (κ2) is 5.80. The van der Waals surface area contributed by atoms with Gasteiger partial charge < -0.3 is 15.7 Å². The van der Waals surface area contributed by atoms with Gasteiger partial charge in [-0.05, 0) is 6.07 Å². The molecule has 4 rings (SSSR count). The Balaban J connectivity index is 1.68. The van der Waals surface area contributed by atoms with E-state index >= 15 is 0 Å². The molecule has 2 heterocycles. The number of rotatable bonds is 3. The highest BCUT2D eigenvalue weighted by Gasteiger charge is 2.29. The Morgan fingerprint density at radius 1 is 1.17 bits per heavy atom. The number of phenolic OH excluding ortho intramolecular Hbond substituents is 1. The van der Waals surface area contributed by atoms with Crippen LogP contribution in [-0.4, -0.2) is 25.2 Å². The van der Waals surface area contributed by atoms with Crippen molar-refractivity contribution in [1.82, 2.24) is 14.9 Å². The Kier molecular flexibility index (Phi) is 3.62. The Morgan fingerprint density at radius 3 is 2.79 bits per heavy atom. The Hall–Kier alpha value is -2.59. The lowest BCUT2D eigenvalue weighted by Crippen LogP contribution is -2.99. The van der Waals surface area contributed by atoms with E-state index in [2.05, 4.69) is 15.6 Å². The van der Waals surface area contributed by atoms with E-state index in [1.54, 1.807) is 35.0 Å². The van der Waals surface area contributed by atoms with Gasteiger partial charge in [0.15, 0.2) is 11.5 Å². The molecule has 0 radical (unpaired) electrons. The maximum absolute atomic E-state index is 11.1. The number of phenols is 1. The largest absolute Gasteiger partial charge is 0.595 e. The second-order valence-corrected chi connectivity index (χ2v) is 6.29. The van der Waals surface area contributed by atoms with Gasteiger partial charge in [0.2, 0.25) is 5.16 Å². The number of aromatic nitrogens is 3. The summed E-state index contributed by atoms with van der Waals surface area (Å²) in [5.74, 6) is 0.731. The molecule has 1 aliphatic rings. The lowest BCUT2D eigenvalue weighted by molar-refractivity contribution is -0.991. The number of hydrogen-bond donors (Lipinski definition) is 4. The molecule has 122 valence electrons. The lowest BCUT2D eigenvalue weighted by atomic mass is 10.2. The number of benzene rings is 2. The van der Waals surface area contributed by atoms with Crippen LogP contribution < -0.4 is 10.7 Å². The Morgan fingerprint density at radius 2 is 2.00 bits per heavy atom. The number of hydrogen-bond acceptors (Lipinski definition) is 7. The molecule has 3 aromatic rings. The van der Waals surface area contributed by atoms with Gasteiger partial charge in [-0.25, -0.2) is 9.88 Å². The summed E-state index contributed by atoms with van der Waals surface area (Å²) in [6.45, 7) is 0. The van der Waals surface area contributed by atoms with E-state index in [0.29, 0.717) is 16.5 Å². The van der Waals surface area contributed by atoms with Crippen molar-refractivity contribution < 1.29 is 15.5 Å². The smallest absolute Gasteiger partial charge is 0.212 e. The van der Waals surface area contributed by atoms with Crippen LogP contribution >= 0.6 is 11.8 Å². The van der Waals surface area contributed by atoms with Crippen LogP contribution in [0.5, 0.6) is 5.75 Å². The van der Waals surface area contributed by atoms with Gasteiger partial charge in [-0.15, -0.1) is 10.2 Å². The van der Waals surface area contributed by atoms with Crippen LogP contribution in [0.25, 0.3) is 11.4 Å². The first-order chi connectivity index (χ1) is 11.6. The van der Waals surface area contributed by atoms with Gasteiger partial charge in [0.05, 0.1) is 0 Å². The quantitative estimate of drug-likeness (QED) is 0.532. The molecule has 0 aliphatic carbocycles. The molecule has 0 spiro atoms. The lowest BCUT2D eigenvalue weighted by Gasteiger charge is -2.14. The van der Waals surface area contributed by atoms with E-state index in [1.165, 1.54) is 17.8 Å². The zero-order valence-corrected chi connectivity index (χ0v) is 13.1. The molecule has 0 fully saturated rings. The SMILES string of the molecule is [O-][NH+](O)c1cccc(-c2nnc3n2NC(c2ccccc2O)S3)c1. The van der Waals surface area contributed by atoms with Crippen LogP contribution in [-0.2, 0) is 0 Å². The Bertz CT molecular complexity index is 898. The second-order valence-electron chi connectivity index (χ2n) is 5.21. The molecular formula is C15H13N5O3S. The fourth-order valence-electron chi connectivity index (χ4n) is 2.53. The van der Waals surface area contributed by atoms with E-state index < -0.39 is 5.23 Å². The van der Waals surface area contributed by atoms with E-state index in [1.807, 2.05) is 12.1 Å². The molecule has 2 atom stereocenters. The van der Waals surface area contributed by atoms with Gasteiger partial charge in [-0.1, -0.05) is 42.1 Å². The first-order valence-electron chi connectivity index (χ1n) is 7.14. The van der Waals surface area contributed by atoms with Crippen LogP contribution in [0.2, 0.25) is 0 Å². The predicted molar refractivity (Wildman–Crippen MR) is 87.3 cm³/mol. The minimum Gasteiger partial charge on any atom is -0.595 e. The standard InChI is InChI=1S/C15H13N5O3S/c21-12-7-2-1-6-11(12)14-18-19-13(16-17-15(19)24-14)9-4-3-5-10(8-9)20(22)23/h1-8,14,18,20-22H. The predicted octanol–water partition coefficient (Wildman–Crippen LogP) is 1.40. The number of quaternary nitrogens is 1. The molecule has 0 saturated heterocycles. The van der Waals surface area contributed by atoms with E-state index in [0.717, 1.165) is 5.56 Å². The molecule has 9 heteroatoms. The zero-order chi connectivity index (χ0) is 16.7. The highest BCUT2D eigenvalue weighted by molar-refractivity contribution is 7.99. The van der Waals surface area contributed by atoms with Crippen LogP contribution in [0.1, 0.15) is 10.9 Å². The van der Waals surface area contributed by atoms with E-state index in [4.69, 9.17) is 5.21 Å². The average molecular weight is 343 g/mol. The van der Waals surface area contributed by atoms with E-state index in [9.17, 15) is 10.3 Å². The summed E-state index contributed by atoms with van der Waals surface area (Å²) in [6, 6.07) is 13.6. The van der Waals surface area contributed by atoms with Crippen LogP contribution in [0.3, 0.4) is 0 Å². The topological polar surface area (TPSA) is 111 Å². The third-order valence-electron chi connectivity index (χ3n) is 3.69. The van der Waals surface area contributed by atoms with Gasteiger partial charge in [0, 0.05) is 23.3 Å². The van der Waals surface area contributed by atoms with E-state index in [-0.39, 0.29) is 16.8 Å². The van der Waals surface area contributed by atoms with Gasteiger partial charge >= 0.3 is 0 Å². The number of para-hydroxylation sites is 1. The molecule has 2 unspecified atom stereocenters. The number of aromatic hydroxyl groups is 1. The first-order valence-corrected chi connectivity index (χ1v) is 8.01. The molecule has 1 aliphatic heterocycles. The first kappa shape index (κ1) is 15.0. The van der Waals surface area contributed by atoms with Crippen LogP contribution in [0, 0.1) is 5.21 Å². The van der Waals surface area contributed by atoms with Gasteiger partial charge in [-0.3, -0.25) is 0 Å². The third kappa shape index (κ3) is 2.49. The Labute approximate surface area is 140 Å².